The molecule has 0 saturated heterocycles. The van der Waals surface area contributed by atoms with Crippen molar-refractivity contribution in [2.24, 2.45) is 0 Å². The van der Waals surface area contributed by atoms with Crippen LogP contribution in [0.3, 0.4) is 0 Å². The maximum absolute atomic E-state index is 10.3. The quantitative estimate of drug-likeness (QED) is 0.384. The second-order valence-electron chi connectivity index (χ2n) is 3.92. The molecule has 0 unspecified atom stereocenters. The van der Waals surface area contributed by atoms with Crippen LogP contribution in [0.2, 0.25) is 0 Å². The predicted molar refractivity (Wildman–Crippen MR) is 82.4 cm³/mol. The average Bonchev–Trinajstić information content (AvgIpc) is 2.56. The Morgan fingerprint density at radius 3 is 1.40 bits per heavy atom. The fraction of sp³-hybridized carbons (Fsp3) is 0. The van der Waals surface area contributed by atoms with E-state index in [9.17, 15) is 19.8 Å². The van der Waals surface area contributed by atoms with Crippen LogP contribution in [-0.4, -0.2) is 49.7 Å². The van der Waals surface area contributed by atoms with E-state index in [-0.39, 0.29) is 60.4 Å². The van der Waals surface area contributed by atoms with Crippen molar-refractivity contribution in [1.82, 2.24) is 0 Å². The molecule has 8 nitrogen and oxygen atoms in total. The van der Waals surface area contributed by atoms with Crippen molar-refractivity contribution in [2.75, 3.05) is 0 Å². The summed E-state index contributed by atoms with van der Waals surface area (Å²) in [6.07, 6.45) is 0. The molecule has 0 aromatic heterocycles. The van der Waals surface area contributed by atoms with Gasteiger partial charge < -0.3 is 29.6 Å². The Kier molecular flexibility index (Phi) is 12.4. The van der Waals surface area contributed by atoms with Crippen molar-refractivity contribution in [3.63, 3.8) is 0 Å². The van der Waals surface area contributed by atoms with E-state index in [0.717, 1.165) is 0 Å². The minimum absolute atomic E-state index is 0. The number of halogens is 2. The molecule has 0 heterocycles. The van der Waals surface area contributed by atoms with Gasteiger partial charge in [-0.25, -0.2) is 0 Å². The summed E-state index contributed by atoms with van der Waals surface area (Å²) in [6, 6.07) is 11.2. The summed E-state index contributed by atoms with van der Waals surface area (Å²) in [7, 11) is 0. The third kappa shape index (κ3) is 9.13. The SMILES string of the molecule is O=C([O-])c1cccc(OOCl)c1.O=C([O-])c1cccc(OOCl)c1.[Ca+2]. The zero-order valence-electron chi connectivity index (χ0n) is 12.3. The van der Waals surface area contributed by atoms with Gasteiger partial charge in [0.2, 0.25) is 0 Å². The Labute approximate surface area is 182 Å². The smallest absolute Gasteiger partial charge is 0.545 e. The third-order valence-electron chi connectivity index (χ3n) is 2.39. The molecule has 0 aliphatic rings. The van der Waals surface area contributed by atoms with Gasteiger partial charge in [-0.3, -0.25) is 0 Å². The van der Waals surface area contributed by atoms with Gasteiger partial charge in [-0.1, -0.05) is 33.1 Å². The molecule has 0 saturated carbocycles. The van der Waals surface area contributed by atoms with Crippen molar-refractivity contribution in [3.8, 4) is 11.5 Å². The largest absolute Gasteiger partial charge is 2.00 e. The Morgan fingerprint density at radius 2 is 1.12 bits per heavy atom. The molecule has 0 spiro atoms. The van der Waals surface area contributed by atoms with Gasteiger partial charge in [0, 0.05) is 11.1 Å². The van der Waals surface area contributed by atoms with Crippen LogP contribution >= 0.6 is 23.7 Å². The van der Waals surface area contributed by atoms with Gasteiger partial charge in [-0.05, 0) is 24.3 Å². The molecular formula is C14H8CaCl2O8. The van der Waals surface area contributed by atoms with E-state index < -0.39 is 11.9 Å². The molecule has 0 atom stereocenters. The number of carbonyl (C=O) groups is 2. The van der Waals surface area contributed by atoms with E-state index in [1.807, 2.05) is 0 Å². The molecule has 25 heavy (non-hydrogen) atoms. The number of benzene rings is 2. The number of carbonyl (C=O) groups excluding carboxylic acids is 2. The zero-order valence-corrected chi connectivity index (χ0v) is 16.1. The number of rotatable bonds is 6. The van der Waals surface area contributed by atoms with Crippen molar-refractivity contribution in [1.29, 1.82) is 0 Å². The second-order valence-corrected chi connectivity index (χ2v) is 4.18. The molecule has 0 N–H and O–H groups in total. The van der Waals surface area contributed by atoms with E-state index in [2.05, 4.69) is 18.7 Å². The molecule has 0 radical (unpaired) electrons. The van der Waals surface area contributed by atoms with E-state index in [4.69, 9.17) is 23.7 Å². The van der Waals surface area contributed by atoms with Crippen LogP contribution in [0.25, 0.3) is 0 Å². The number of carboxylic acids is 2. The zero-order chi connectivity index (χ0) is 17.9. The van der Waals surface area contributed by atoms with Crippen molar-refractivity contribution in [2.45, 2.75) is 0 Å². The Morgan fingerprint density at radius 1 is 0.760 bits per heavy atom. The monoisotopic (exact) mass is 414 g/mol. The molecule has 2 rings (SSSR count). The molecule has 0 aliphatic heterocycles. The van der Waals surface area contributed by atoms with Crippen LogP contribution in [0.1, 0.15) is 20.7 Å². The first-order chi connectivity index (χ1) is 11.5. The molecule has 0 fully saturated rings. The first kappa shape index (κ1) is 23.7. The van der Waals surface area contributed by atoms with Crippen molar-refractivity contribution >= 4 is 73.4 Å². The van der Waals surface area contributed by atoms with Gasteiger partial charge in [-0.2, -0.15) is 0 Å². The molecule has 128 valence electrons. The van der Waals surface area contributed by atoms with Crippen molar-refractivity contribution < 1.29 is 38.5 Å². The fourth-order valence-corrected chi connectivity index (χ4v) is 1.57. The summed E-state index contributed by atoms with van der Waals surface area (Å²) in [6.45, 7) is 0. The van der Waals surface area contributed by atoms with Crippen LogP contribution in [0.5, 0.6) is 11.5 Å². The third-order valence-corrected chi connectivity index (χ3v) is 2.52. The number of aromatic carboxylic acids is 2. The van der Waals surface area contributed by atoms with Gasteiger partial charge in [0.15, 0.2) is 11.5 Å². The summed E-state index contributed by atoms with van der Waals surface area (Å²) < 4.78 is 7.64. The molecule has 11 heteroatoms. The van der Waals surface area contributed by atoms with E-state index in [0.29, 0.717) is 0 Å². The molecule has 2 aromatic rings. The van der Waals surface area contributed by atoms with Crippen LogP contribution in [0.15, 0.2) is 48.5 Å². The number of carboxylic acid groups (broad SMARTS) is 2. The molecule has 2 aromatic carbocycles. The van der Waals surface area contributed by atoms with Gasteiger partial charge in [-0.15, -0.1) is 0 Å². The second kappa shape index (κ2) is 13.0. The van der Waals surface area contributed by atoms with Gasteiger partial charge in [0.25, 0.3) is 0 Å². The molecule has 0 bridgehead atoms. The predicted octanol–water partition coefficient (Wildman–Crippen LogP) is 0.648. The summed E-state index contributed by atoms with van der Waals surface area (Å²) in [5.74, 6) is -2.16. The number of hydrogen-bond donors (Lipinski definition) is 0. The standard InChI is InChI=1S/2C7H5ClO4.Ca/c2*8-12-11-6-3-1-2-5(4-6)7(9)10;/h2*1-4H,(H,9,10);/q;;+2/p-2. The van der Waals surface area contributed by atoms with Gasteiger partial charge in [0.1, 0.15) is 23.7 Å². The Hall–Kier alpha value is -1.26. The normalized spacial score (nSPS) is 9.04. The maximum Gasteiger partial charge on any atom is 2.00 e. The summed E-state index contributed by atoms with van der Waals surface area (Å²) in [5.41, 5.74) is 0.00225. The first-order valence-electron chi connectivity index (χ1n) is 6.01. The minimum atomic E-state index is -1.28. The number of hydrogen-bond acceptors (Lipinski definition) is 8. The summed E-state index contributed by atoms with van der Waals surface area (Å²) in [5, 5.41) is 20.6. The van der Waals surface area contributed by atoms with Gasteiger partial charge in [0.05, 0.1) is 11.9 Å². The summed E-state index contributed by atoms with van der Waals surface area (Å²) >= 11 is 9.57. The van der Waals surface area contributed by atoms with Crippen LogP contribution in [-0.2, 0) is 8.88 Å². The average molecular weight is 415 g/mol. The van der Waals surface area contributed by atoms with Crippen LogP contribution in [0.4, 0.5) is 0 Å². The van der Waals surface area contributed by atoms with E-state index in [1.165, 1.54) is 48.5 Å². The topological polar surface area (TPSA) is 117 Å². The first-order valence-corrected chi connectivity index (χ1v) is 6.63. The van der Waals surface area contributed by atoms with E-state index >= 15 is 0 Å². The molecule has 0 amide bonds. The van der Waals surface area contributed by atoms with Gasteiger partial charge >= 0.3 is 37.7 Å². The van der Waals surface area contributed by atoms with Crippen LogP contribution < -0.4 is 20.0 Å². The molecular weight excluding hydrogens is 407 g/mol. The van der Waals surface area contributed by atoms with Crippen molar-refractivity contribution in [3.05, 3.63) is 59.7 Å². The summed E-state index contributed by atoms with van der Waals surface area (Å²) in [4.78, 5) is 29.4. The fourth-order valence-electron chi connectivity index (χ4n) is 1.42. The van der Waals surface area contributed by atoms with Crippen LogP contribution in [0, 0.1) is 0 Å². The minimum Gasteiger partial charge on any atom is -0.545 e. The Balaban J connectivity index is 0.000000443. The molecule has 0 aliphatic carbocycles. The van der Waals surface area contributed by atoms with E-state index in [1.54, 1.807) is 0 Å². The Bertz CT molecular complexity index is 639. The maximum atomic E-state index is 10.3.